The minimum absolute atomic E-state index is 0.125. The molecule has 1 heterocycles. The summed E-state index contributed by atoms with van der Waals surface area (Å²) in [5, 5.41) is 22.2. The van der Waals surface area contributed by atoms with Crippen LogP contribution in [0.1, 0.15) is 71.1 Å². The summed E-state index contributed by atoms with van der Waals surface area (Å²) in [4.78, 5) is 15.0. The van der Waals surface area contributed by atoms with Gasteiger partial charge in [0, 0.05) is 31.4 Å². The number of aliphatic hydroxyl groups is 1. The van der Waals surface area contributed by atoms with Gasteiger partial charge in [0.15, 0.2) is 0 Å². The van der Waals surface area contributed by atoms with Crippen molar-refractivity contribution in [2.75, 3.05) is 13.2 Å². The van der Waals surface area contributed by atoms with Gasteiger partial charge in [-0.1, -0.05) is 0 Å². The van der Waals surface area contributed by atoms with Gasteiger partial charge in [0.1, 0.15) is 11.6 Å². The second kappa shape index (κ2) is 8.06. The van der Waals surface area contributed by atoms with Gasteiger partial charge in [0.25, 0.3) is 5.91 Å². The number of nitrogens with one attached hydrogen (secondary N) is 1. The van der Waals surface area contributed by atoms with E-state index in [0.717, 1.165) is 43.6 Å². The summed E-state index contributed by atoms with van der Waals surface area (Å²) in [6.45, 7) is 3.16. The third kappa shape index (κ3) is 3.81. The first-order valence-electron chi connectivity index (χ1n) is 11.3. The summed E-state index contributed by atoms with van der Waals surface area (Å²) in [6, 6.07) is 2.49. The zero-order valence-electron chi connectivity index (χ0n) is 17.2. The molecule has 5 fully saturated rings. The Balaban J connectivity index is 1.43. The minimum Gasteiger partial charge on any atom is -0.396 e. The molecule has 4 aliphatic carbocycles. The average Bonchev–Trinajstić information content (AvgIpc) is 2.66. The number of amides is 1. The van der Waals surface area contributed by atoms with Crippen molar-refractivity contribution in [1.82, 2.24) is 10.2 Å². The fourth-order valence-corrected chi connectivity index (χ4v) is 7.09. The first kappa shape index (κ1) is 19.8. The second-order valence-corrected chi connectivity index (χ2v) is 10.0. The Morgan fingerprint density at radius 2 is 1.89 bits per heavy atom. The molecule has 4 saturated carbocycles. The van der Waals surface area contributed by atoms with Crippen LogP contribution in [0.25, 0.3) is 0 Å². The van der Waals surface area contributed by atoms with E-state index in [-0.39, 0.29) is 35.6 Å². The van der Waals surface area contributed by atoms with Crippen LogP contribution in [0, 0.1) is 34.5 Å². The average molecular weight is 386 g/mol. The summed E-state index contributed by atoms with van der Waals surface area (Å²) >= 11 is 0. The molecule has 0 aromatic carbocycles. The number of rotatable bonds is 6. The quantitative estimate of drug-likeness (QED) is 0.543. The van der Waals surface area contributed by atoms with Gasteiger partial charge in [-0.3, -0.25) is 4.79 Å². The van der Waals surface area contributed by atoms with E-state index in [4.69, 9.17) is 0 Å². The summed E-state index contributed by atoms with van der Waals surface area (Å²) in [6.07, 6.45) is 13.6. The molecule has 0 aromatic heterocycles. The van der Waals surface area contributed by atoms with Crippen molar-refractivity contribution >= 4 is 5.91 Å². The fraction of sp³-hybridized carbons (Fsp3) is 0.826. The highest BCUT2D eigenvalue weighted by molar-refractivity contribution is 5.97. The molecule has 28 heavy (non-hydrogen) atoms. The van der Waals surface area contributed by atoms with Gasteiger partial charge in [0.05, 0.1) is 0 Å². The molecule has 5 heteroatoms. The molecule has 5 aliphatic rings. The van der Waals surface area contributed by atoms with Crippen molar-refractivity contribution in [3.05, 3.63) is 11.8 Å². The van der Waals surface area contributed by atoms with E-state index >= 15 is 0 Å². The lowest BCUT2D eigenvalue weighted by atomic mass is 9.48. The van der Waals surface area contributed by atoms with E-state index in [2.05, 4.69) is 23.2 Å². The largest absolute Gasteiger partial charge is 0.396 e. The predicted octanol–water partition coefficient (Wildman–Crippen LogP) is 3.35. The maximum absolute atomic E-state index is 12.9. The predicted molar refractivity (Wildman–Crippen MR) is 108 cm³/mol. The van der Waals surface area contributed by atoms with Crippen LogP contribution < -0.4 is 5.32 Å². The van der Waals surface area contributed by atoms with E-state index in [0.29, 0.717) is 6.42 Å². The van der Waals surface area contributed by atoms with Crippen molar-refractivity contribution in [2.45, 2.75) is 83.2 Å². The standard InChI is InChI=1S/C23H35N3O2/c1-16(23-11-17-8-18(12-23)10-19(9-17)13-23)25-22(28)20(14-24)15-26-6-3-2-4-21(26)5-7-27/h15-19,21,27H,2-13H2,1H3,(H,25,28)/b20-15-. The molecule has 2 N–H and O–H groups in total. The maximum Gasteiger partial charge on any atom is 0.263 e. The van der Waals surface area contributed by atoms with Crippen LogP contribution in [0.2, 0.25) is 0 Å². The van der Waals surface area contributed by atoms with Crippen molar-refractivity contribution in [3.63, 3.8) is 0 Å². The first-order chi connectivity index (χ1) is 13.5. The molecule has 5 rings (SSSR count). The van der Waals surface area contributed by atoms with E-state index in [1.165, 1.54) is 38.5 Å². The maximum atomic E-state index is 12.9. The summed E-state index contributed by atoms with van der Waals surface area (Å²) in [5.41, 5.74) is 0.455. The highest BCUT2D eigenvalue weighted by Gasteiger charge is 2.53. The Hall–Kier alpha value is -1.54. The molecule has 1 saturated heterocycles. The highest BCUT2D eigenvalue weighted by Crippen LogP contribution is 2.61. The lowest BCUT2D eigenvalue weighted by Crippen LogP contribution is -2.56. The number of nitrogens with zero attached hydrogens (tertiary/aromatic N) is 2. The monoisotopic (exact) mass is 385 g/mol. The van der Waals surface area contributed by atoms with Gasteiger partial charge in [-0.15, -0.1) is 0 Å². The molecule has 1 amide bonds. The minimum atomic E-state index is -0.223. The molecule has 4 bridgehead atoms. The Bertz CT molecular complexity index is 628. The van der Waals surface area contributed by atoms with E-state index < -0.39 is 0 Å². The van der Waals surface area contributed by atoms with Crippen LogP contribution in [0.15, 0.2) is 11.8 Å². The van der Waals surface area contributed by atoms with Gasteiger partial charge in [0.2, 0.25) is 0 Å². The molecule has 0 aromatic rings. The van der Waals surface area contributed by atoms with E-state index in [9.17, 15) is 15.2 Å². The highest BCUT2D eigenvalue weighted by atomic mass is 16.3. The third-order valence-electron chi connectivity index (χ3n) is 8.15. The molecule has 5 nitrogen and oxygen atoms in total. The van der Waals surface area contributed by atoms with Crippen LogP contribution >= 0.6 is 0 Å². The molecule has 2 unspecified atom stereocenters. The Morgan fingerprint density at radius 3 is 2.46 bits per heavy atom. The Labute approximate surface area is 169 Å². The molecule has 0 spiro atoms. The molecule has 2 atom stereocenters. The normalized spacial score (nSPS) is 38.2. The zero-order chi connectivity index (χ0) is 19.7. The number of hydrogen-bond acceptors (Lipinski definition) is 4. The van der Waals surface area contributed by atoms with E-state index in [1.54, 1.807) is 6.20 Å². The molecular formula is C23H35N3O2. The molecule has 154 valence electrons. The smallest absolute Gasteiger partial charge is 0.263 e. The number of hydrogen-bond donors (Lipinski definition) is 2. The number of piperidine rings is 1. The SMILES string of the molecule is CC(NC(=O)/C(C#N)=C\N1CCCCC1CCO)C12CC3CC(CC(C3)C1)C2. The van der Waals surface area contributed by atoms with Gasteiger partial charge in [-0.05, 0) is 94.3 Å². The summed E-state index contributed by atoms with van der Waals surface area (Å²) in [7, 11) is 0. The Morgan fingerprint density at radius 1 is 1.25 bits per heavy atom. The lowest BCUT2D eigenvalue weighted by Gasteiger charge is -2.59. The van der Waals surface area contributed by atoms with Crippen molar-refractivity contribution in [1.29, 1.82) is 5.26 Å². The van der Waals surface area contributed by atoms with Crippen molar-refractivity contribution in [2.24, 2.45) is 23.2 Å². The summed E-state index contributed by atoms with van der Waals surface area (Å²) < 4.78 is 0. The molecular weight excluding hydrogens is 350 g/mol. The number of nitriles is 1. The van der Waals surface area contributed by atoms with Crippen molar-refractivity contribution < 1.29 is 9.90 Å². The first-order valence-corrected chi connectivity index (χ1v) is 11.3. The molecule has 1 aliphatic heterocycles. The second-order valence-electron chi connectivity index (χ2n) is 10.0. The molecule has 0 radical (unpaired) electrons. The number of aliphatic hydroxyl groups excluding tert-OH is 1. The number of likely N-dealkylation sites (tertiary alicyclic amines) is 1. The van der Waals surface area contributed by atoms with Crippen LogP contribution in [0.5, 0.6) is 0 Å². The fourth-order valence-electron chi connectivity index (χ4n) is 7.09. The topological polar surface area (TPSA) is 76.4 Å². The summed E-state index contributed by atoms with van der Waals surface area (Å²) in [5.74, 6) is 2.33. The third-order valence-corrected chi connectivity index (χ3v) is 8.15. The van der Waals surface area contributed by atoms with Crippen LogP contribution in [0.4, 0.5) is 0 Å². The van der Waals surface area contributed by atoms with Gasteiger partial charge < -0.3 is 15.3 Å². The van der Waals surface area contributed by atoms with Gasteiger partial charge in [-0.25, -0.2) is 0 Å². The zero-order valence-corrected chi connectivity index (χ0v) is 17.2. The van der Waals surface area contributed by atoms with E-state index in [1.807, 2.05) is 0 Å². The lowest BCUT2D eigenvalue weighted by molar-refractivity contribution is -0.122. The van der Waals surface area contributed by atoms with Crippen LogP contribution in [-0.2, 0) is 4.79 Å². The van der Waals surface area contributed by atoms with Gasteiger partial charge >= 0.3 is 0 Å². The van der Waals surface area contributed by atoms with Gasteiger partial charge in [-0.2, -0.15) is 5.26 Å². The number of carbonyl (C=O) groups excluding carboxylic acids is 1. The van der Waals surface area contributed by atoms with Crippen LogP contribution in [-0.4, -0.2) is 41.1 Å². The Kier molecular flexibility index (Phi) is 5.69. The van der Waals surface area contributed by atoms with Crippen molar-refractivity contribution in [3.8, 4) is 6.07 Å². The number of carbonyl (C=O) groups is 1. The van der Waals surface area contributed by atoms with Crippen LogP contribution in [0.3, 0.4) is 0 Å².